The van der Waals surface area contributed by atoms with Crippen LogP contribution < -0.4 is 0 Å². The summed E-state index contributed by atoms with van der Waals surface area (Å²) in [5.74, 6) is 2.17. The normalized spacial score (nSPS) is 18.5. The minimum absolute atomic E-state index is 0.101. The molecular weight excluding hydrogens is 398 g/mol. The Labute approximate surface area is 179 Å². The molecule has 1 aliphatic carbocycles. The van der Waals surface area contributed by atoms with Crippen molar-refractivity contribution in [1.82, 2.24) is 25.0 Å². The van der Waals surface area contributed by atoms with E-state index in [0.29, 0.717) is 19.0 Å². The van der Waals surface area contributed by atoms with Crippen molar-refractivity contribution < 1.29 is 9.32 Å². The number of thiazole rings is 1. The predicted molar refractivity (Wildman–Crippen MR) is 113 cm³/mol. The summed E-state index contributed by atoms with van der Waals surface area (Å²) in [6.07, 6.45) is 8.81. The number of likely N-dealkylation sites (tertiary alicyclic amines) is 1. The molecule has 0 spiro atoms. The summed E-state index contributed by atoms with van der Waals surface area (Å²) in [5.41, 5.74) is 1.59. The van der Waals surface area contributed by atoms with Crippen molar-refractivity contribution in [3.05, 3.63) is 45.9 Å². The average Bonchev–Trinajstić information content (AvgIpc) is 3.29. The van der Waals surface area contributed by atoms with Gasteiger partial charge < -0.3 is 9.42 Å². The van der Waals surface area contributed by atoms with E-state index >= 15 is 0 Å². The molecule has 4 heterocycles. The third-order valence-electron chi connectivity index (χ3n) is 6.31. The highest BCUT2D eigenvalue weighted by Gasteiger charge is 2.45. The van der Waals surface area contributed by atoms with Gasteiger partial charge in [-0.15, -0.1) is 11.3 Å². The lowest BCUT2D eigenvalue weighted by Gasteiger charge is -2.40. The lowest BCUT2D eigenvalue weighted by molar-refractivity contribution is 0.0649. The first-order chi connectivity index (χ1) is 14.5. The Morgan fingerprint density at radius 3 is 2.57 bits per heavy atom. The second kappa shape index (κ2) is 7.58. The van der Waals surface area contributed by atoms with Crippen LogP contribution in [0.5, 0.6) is 0 Å². The SMILES string of the molecule is Cc1nc(C)c(C(=O)N2CCC(CC3CC3)(c3noc(-c4ccncc4)n3)CC2)s1. The van der Waals surface area contributed by atoms with Crippen molar-refractivity contribution in [1.29, 1.82) is 0 Å². The lowest BCUT2D eigenvalue weighted by atomic mass is 9.73. The Balaban J connectivity index is 1.37. The van der Waals surface area contributed by atoms with Crippen LogP contribution in [0.25, 0.3) is 11.5 Å². The molecule has 3 aromatic rings. The molecular formula is C22H25N5O2S. The Morgan fingerprint density at radius 2 is 1.93 bits per heavy atom. The van der Waals surface area contributed by atoms with Gasteiger partial charge in [0.05, 0.1) is 10.7 Å². The van der Waals surface area contributed by atoms with E-state index in [1.165, 1.54) is 24.2 Å². The number of aryl methyl sites for hydroxylation is 2. The van der Waals surface area contributed by atoms with E-state index in [9.17, 15) is 4.79 Å². The number of aromatic nitrogens is 4. The molecule has 0 aromatic carbocycles. The lowest BCUT2D eigenvalue weighted by Crippen LogP contribution is -2.46. The van der Waals surface area contributed by atoms with E-state index in [0.717, 1.165) is 52.1 Å². The average molecular weight is 424 g/mol. The van der Waals surface area contributed by atoms with Gasteiger partial charge in [-0.05, 0) is 51.2 Å². The zero-order valence-electron chi connectivity index (χ0n) is 17.3. The van der Waals surface area contributed by atoms with Crippen LogP contribution >= 0.6 is 11.3 Å². The maximum absolute atomic E-state index is 13.0. The number of rotatable bonds is 5. The minimum atomic E-state index is -0.120. The van der Waals surface area contributed by atoms with Gasteiger partial charge >= 0.3 is 0 Å². The highest BCUT2D eigenvalue weighted by Crippen LogP contribution is 2.47. The fourth-order valence-corrected chi connectivity index (χ4v) is 5.34. The van der Waals surface area contributed by atoms with Crippen LogP contribution in [0.4, 0.5) is 0 Å². The number of carbonyl (C=O) groups is 1. The van der Waals surface area contributed by atoms with Crippen LogP contribution in [0.2, 0.25) is 0 Å². The van der Waals surface area contributed by atoms with Gasteiger partial charge in [-0.3, -0.25) is 9.78 Å². The van der Waals surface area contributed by atoms with Gasteiger partial charge in [0.1, 0.15) is 4.88 Å². The predicted octanol–water partition coefficient (Wildman–Crippen LogP) is 4.18. The molecule has 30 heavy (non-hydrogen) atoms. The van der Waals surface area contributed by atoms with Crippen LogP contribution in [0.1, 0.15) is 58.3 Å². The molecule has 5 rings (SSSR count). The summed E-state index contributed by atoms with van der Waals surface area (Å²) in [6, 6.07) is 3.76. The van der Waals surface area contributed by atoms with Crippen molar-refractivity contribution in [2.45, 2.75) is 51.4 Å². The summed E-state index contributed by atoms with van der Waals surface area (Å²) >= 11 is 1.49. The van der Waals surface area contributed by atoms with Crippen molar-refractivity contribution in [2.75, 3.05) is 13.1 Å². The number of piperidine rings is 1. The van der Waals surface area contributed by atoms with Crippen LogP contribution in [0.15, 0.2) is 29.0 Å². The van der Waals surface area contributed by atoms with E-state index in [1.54, 1.807) is 12.4 Å². The van der Waals surface area contributed by atoms with E-state index in [1.807, 2.05) is 30.9 Å². The molecule has 1 saturated carbocycles. The molecule has 0 bridgehead atoms. The topological polar surface area (TPSA) is 85.0 Å². The van der Waals surface area contributed by atoms with Crippen molar-refractivity contribution in [3.63, 3.8) is 0 Å². The maximum Gasteiger partial charge on any atom is 0.265 e. The number of hydrogen-bond acceptors (Lipinski definition) is 7. The van der Waals surface area contributed by atoms with E-state index in [-0.39, 0.29) is 11.3 Å². The van der Waals surface area contributed by atoms with Gasteiger partial charge in [-0.1, -0.05) is 18.0 Å². The van der Waals surface area contributed by atoms with Crippen LogP contribution in [0.3, 0.4) is 0 Å². The first-order valence-electron chi connectivity index (χ1n) is 10.5. The Kier molecular flexibility index (Phi) is 4.89. The number of hydrogen-bond donors (Lipinski definition) is 0. The number of pyridine rings is 1. The fraction of sp³-hybridized carbons (Fsp3) is 0.500. The zero-order chi connectivity index (χ0) is 20.7. The summed E-state index contributed by atoms with van der Waals surface area (Å²) in [4.78, 5) is 29.0. The standard InChI is InChI=1S/C22H25N5O2S/c1-14-18(30-15(2)24-14)20(28)27-11-7-22(8-12-27,13-16-3-4-16)21-25-19(29-26-21)17-5-9-23-10-6-17/h5-6,9-10,16H,3-4,7-8,11-13H2,1-2H3. The van der Waals surface area contributed by atoms with Crippen molar-refractivity contribution >= 4 is 17.2 Å². The summed E-state index contributed by atoms with van der Waals surface area (Å²) in [7, 11) is 0. The molecule has 7 nitrogen and oxygen atoms in total. The third-order valence-corrected chi connectivity index (χ3v) is 7.37. The largest absolute Gasteiger partial charge is 0.338 e. The van der Waals surface area contributed by atoms with Crippen molar-refractivity contribution in [2.24, 2.45) is 5.92 Å². The van der Waals surface area contributed by atoms with E-state index in [2.05, 4.69) is 15.1 Å². The smallest absolute Gasteiger partial charge is 0.265 e. The molecule has 0 N–H and O–H groups in total. The van der Waals surface area contributed by atoms with Gasteiger partial charge in [0.25, 0.3) is 11.8 Å². The van der Waals surface area contributed by atoms with Gasteiger partial charge in [0.2, 0.25) is 0 Å². The molecule has 0 unspecified atom stereocenters. The van der Waals surface area contributed by atoms with E-state index in [4.69, 9.17) is 9.51 Å². The maximum atomic E-state index is 13.0. The van der Waals surface area contributed by atoms with Crippen LogP contribution in [0, 0.1) is 19.8 Å². The van der Waals surface area contributed by atoms with E-state index < -0.39 is 0 Å². The van der Waals surface area contributed by atoms with Crippen LogP contribution in [-0.4, -0.2) is 44.0 Å². The molecule has 1 aliphatic heterocycles. The number of nitrogens with zero attached hydrogens (tertiary/aromatic N) is 5. The fourth-order valence-electron chi connectivity index (χ4n) is 4.46. The quantitative estimate of drug-likeness (QED) is 0.612. The van der Waals surface area contributed by atoms with Crippen molar-refractivity contribution in [3.8, 4) is 11.5 Å². The summed E-state index contributed by atoms with van der Waals surface area (Å²) in [5, 5.41) is 5.33. The van der Waals surface area contributed by atoms with Gasteiger partial charge in [-0.25, -0.2) is 4.98 Å². The Hall–Kier alpha value is -2.61. The first kappa shape index (κ1) is 19.4. The Bertz CT molecular complexity index is 1050. The summed E-state index contributed by atoms with van der Waals surface area (Å²) in [6.45, 7) is 5.28. The number of carbonyl (C=O) groups excluding carboxylic acids is 1. The molecule has 2 fully saturated rings. The molecule has 2 aliphatic rings. The molecule has 1 saturated heterocycles. The highest BCUT2D eigenvalue weighted by molar-refractivity contribution is 7.13. The van der Waals surface area contributed by atoms with Gasteiger partial charge in [0, 0.05) is 36.5 Å². The first-order valence-corrected chi connectivity index (χ1v) is 11.3. The molecule has 0 radical (unpaired) electrons. The van der Waals surface area contributed by atoms with Crippen LogP contribution in [-0.2, 0) is 5.41 Å². The second-order valence-electron chi connectivity index (χ2n) is 8.53. The molecule has 8 heteroatoms. The molecule has 0 atom stereocenters. The third kappa shape index (κ3) is 3.64. The van der Waals surface area contributed by atoms with Gasteiger partial charge in [0.15, 0.2) is 5.82 Å². The summed E-state index contributed by atoms with van der Waals surface area (Å²) < 4.78 is 5.62. The minimum Gasteiger partial charge on any atom is -0.338 e. The number of amides is 1. The molecule has 156 valence electrons. The molecule has 3 aromatic heterocycles. The monoisotopic (exact) mass is 423 g/mol. The van der Waals surface area contributed by atoms with Gasteiger partial charge in [-0.2, -0.15) is 4.98 Å². The zero-order valence-corrected chi connectivity index (χ0v) is 18.1. The Morgan fingerprint density at radius 1 is 1.20 bits per heavy atom. The second-order valence-corrected chi connectivity index (χ2v) is 9.73. The highest BCUT2D eigenvalue weighted by atomic mass is 32.1. The molecule has 1 amide bonds.